The predicted molar refractivity (Wildman–Crippen MR) is 76.7 cm³/mol. The van der Waals surface area contributed by atoms with Gasteiger partial charge in [0.25, 0.3) is 5.91 Å². The SMILES string of the molecule is COc1ccc(NC(=O)c2cccnc2OCC(F)(F)F)cc1. The predicted octanol–water partition coefficient (Wildman–Crippen LogP) is 3.28. The summed E-state index contributed by atoms with van der Waals surface area (Å²) in [5.41, 5.74) is 0.369. The molecule has 0 aliphatic rings. The first-order chi connectivity index (χ1) is 10.9. The molecular formula is C15H13F3N2O3. The van der Waals surface area contributed by atoms with Crippen LogP contribution in [-0.4, -0.2) is 30.8 Å². The number of pyridine rings is 1. The van der Waals surface area contributed by atoms with Crippen molar-refractivity contribution in [2.24, 2.45) is 0 Å². The average molecular weight is 326 g/mol. The highest BCUT2D eigenvalue weighted by Crippen LogP contribution is 2.21. The van der Waals surface area contributed by atoms with E-state index < -0.39 is 18.7 Å². The summed E-state index contributed by atoms with van der Waals surface area (Å²) in [6.45, 7) is -1.52. The number of methoxy groups -OCH3 is 1. The van der Waals surface area contributed by atoms with E-state index in [9.17, 15) is 18.0 Å². The highest BCUT2D eigenvalue weighted by Gasteiger charge is 2.29. The molecule has 0 unspecified atom stereocenters. The van der Waals surface area contributed by atoms with Gasteiger partial charge in [0, 0.05) is 11.9 Å². The first kappa shape index (κ1) is 16.6. The van der Waals surface area contributed by atoms with Crippen LogP contribution in [-0.2, 0) is 0 Å². The van der Waals surface area contributed by atoms with Crippen LogP contribution in [0.1, 0.15) is 10.4 Å². The first-order valence-electron chi connectivity index (χ1n) is 6.49. The third-order valence-corrected chi connectivity index (χ3v) is 2.74. The lowest BCUT2D eigenvalue weighted by atomic mass is 10.2. The van der Waals surface area contributed by atoms with Gasteiger partial charge in [0.05, 0.1) is 7.11 Å². The number of amides is 1. The molecule has 2 rings (SSSR count). The number of nitrogens with zero attached hydrogens (tertiary/aromatic N) is 1. The summed E-state index contributed by atoms with van der Waals surface area (Å²) < 4.78 is 46.3. The molecule has 1 N–H and O–H groups in total. The number of hydrogen-bond acceptors (Lipinski definition) is 4. The lowest BCUT2D eigenvalue weighted by Crippen LogP contribution is -2.21. The van der Waals surface area contributed by atoms with Crippen LogP contribution in [0.2, 0.25) is 0 Å². The van der Waals surface area contributed by atoms with Gasteiger partial charge in [-0.2, -0.15) is 13.2 Å². The van der Waals surface area contributed by atoms with Crippen LogP contribution in [0, 0.1) is 0 Å². The van der Waals surface area contributed by atoms with Gasteiger partial charge in [-0.25, -0.2) is 4.98 Å². The van der Waals surface area contributed by atoms with Gasteiger partial charge < -0.3 is 14.8 Å². The van der Waals surface area contributed by atoms with Crippen molar-refractivity contribution in [3.8, 4) is 11.6 Å². The molecule has 0 fully saturated rings. The largest absolute Gasteiger partial charge is 0.497 e. The van der Waals surface area contributed by atoms with Crippen molar-refractivity contribution in [3.63, 3.8) is 0 Å². The minimum atomic E-state index is -4.51. The summed E-state index contributed by atoms with van der Waals surface area (Å²) in [5, 5.41) is 2.55. The summed E-state index contributed by atoms with van der Waals surface area (Å²) >= 11 is 0. The fraction of sp³-hybridized carbons (Fsp3) is 0.200. The second-order valence-electron chi connectivity index (χ2n) is 4.44. The zero-order valence-corrected chi connectivity index (χ0v) is 12.1. The second kappa shape index (κ2) is 6.99. The number of hydrogen-bond donors (Lipinski definition) is 1. The highest BCUT2D eigenvalue weighted by molar-refractivity contribution is 6.05. The minimum Gasteiger partial charge on any atom is -0.497 e. The van der Waals surface area contributed by atoms with Crippen molar-refractivity contribution in [1.82, 2.24) is 4.98 Å². The molecule has 23 heavy (non-hydrogen) atoms. The molecule has 1 heterocycles. The summed E-state index contributed by atoms with van der Waals surface area (Å²) in [6.07, 6.45) is -3.27. The Morgan fingerprint density at radius 1 is 1.22 bits per heavy atom. The maximum Gasteiger partial charge on any atom is 0.422 e. The molecule has 0 saturated heterocycles. The smallest absolute Gasteiger partial charge is 0.422 e. The second-order valence-corrected chi connectivity index (χ2v) is 4.44. The molecule has 8 heteroatoms. The molecule has 5 nitrogen and oxygen atoms in total. The Morgan fingerprint density at radius 3 is 2.52 bits per heavy atom. The number of alkyl halides is 3. The van der Waals surface area contributed by atoms with Crippen LogP contribution >= 0.6 is 0 Å². The number of rotatable bonds is 5. The Morgan fingerprint density at radius 2 is 1.91 bits per heavy atom. The third kappa shape index (κ3) is 4.87. The Balaban J connectivity index is 2.12. The van der Waals surface area contributed by atoms with Crippen LogP contribution < -0.4 is 14.8 Å². The van der Waals surface area contributed by atoms with E-state index in [2.05, 4.69) is 15.0 Å². The number of nitrogens with one attached hydrogen (secondary N) is 1. The Hall–Kier alpha value is -2.77. The van der Waals surface area contributed by atoms with E-state index in [1.54, 1.807) is 24.3 Å². The van der Waals surface area contributed by atoms with Crippen LogP contribution in [0.4, 0.5) is 18.9 Å². The van der Waals surface area contributed by atoms with E-state index >= 15 is 0 Å². The number of benzene rings is 1. The van der Waals surface area contributed by atoms with Crippen LogP contribution in [0.15, 0.2) is 42.6 Å². The van der Waals surface area contributed by atoms with Crippen molar-refractivity contribution in [2.75, 3.05) is 19.0 Å². The van der Waals surface area contributed by atoms with Gasteiger partial charge in [-0.3, -0.25) is 4.79 Å². The summed E-state index contributed by atoms with van der Waals surface area (Å²) in [4.78, 5) is 15.8. The number of carbonyl (C=O) groups excluding carboxylic acids is 1. The minimum absolute atomic E-state index is 0.0902. The zero-order chi connectivity index (χ0) is 16.9. The first-order valence-corrected chi connectivity index (χ1v) is 6.49. The van der Waals surface area contributed by atoms with E-state index in [0.29, 0.717) is 11.4 Å². The molecule has 0 spiro atoms. The molecule has 1 aromatic heterocycles. The fourth-order valence-corrected chi connectivity index (χ4v) is 1.70. The third-order valence-electron chi connectivity index (χ3n) is 2.74. The van der Waals surface area contributed by atoms with Crippen LogP contribution in [0.3, 0.4) is 0 Å². The summed E-state index contributed by atoms with van der Waals surface area (Å²) in [7, 11) is 1.51. The number of aromatic nitrogens is 1. The Labute approximate surface area is 130 Å². The molecule has 0 bridgehead atoms. The van der Waals surface area contributed by atoms with Gasteiger partial charge in [-0.15, -0.1) is 0 Å². The van der Waals surface area contributed by atoms with Crippen molar-refractivity contribution in [2.45, 2.75) is 6.18 Å². The molecule has 0 aliphatic heterocycles. The molecule has 2 aromatic rings. The maximum absolute atomic E-state index is 12.2. The fourth-order valence-electron chi connectivity index (χ4n) is 1.70. The Kier molecular flexibility index (Phi) is 5.05. The van der Waals surface area contributed by atoms with Gasteiger partial charge >= 0.3 is 6.18 Å². The zero-order valence-electron chi connectivity index (χ0n) is 12.1. The van der Waals surface area contributed by atoms with Crippen molar-refractivity contribution in [3.05, 3.63) is 48.2 Å². The molecule has 1 aromatic carbocycles. The highest BCUT2D eigenvalue weighted by atomic mass is 19.4. The number of anilines is 1. The van der Waals surface area contributed by atoms with Gasteiger partial charge in [0.1, 0.15) is 11.3 Å². The van der Waals surface area contributed by atoms with E-state index in [4.69, 9.17) is 4.74 Å². The summed E-state index contributed by atoms with van der Waals surface area (Å²) in [5.74, 6) is -0.394. The molecule has 0 aliphatic carbocycles. The molecule has 0 radical (unpaired) electrons. The van der Waals surface area contributed by atoms with E-state index in [1.165, 1.54) is 25.4 Å². The topological polar surface area (TPSA) is 60.5 Å². The van der Waals surface area contributed by atoms with Crippen molar-refractivity contribution < 1.29 is 27.4 Å². The number of ether oxygens (including phenoxy) is 2. The number of carbonyl (C=O) groups is 1. The monoisotopic (exact) mass is 326 g/mol. The lowest BCUT2D eigenvalue weighted by molar-refractivity contribution is -0.154. The van der Waals surface area contributed by atoms with Gasteiger partial charge in [0.2, 0.25) is 5.88 Å². The Bertz CT molecular complexity index is 672. The van der Waals surface area contributed by atoms with Crippen molar-refractivity contribution >= 4 is 11.6 Å². The van der Waals surface area contributed by atoms with E-state index in [0.717, 1.165) is 0 Å². The maximum atomic E-state index is 12.2. The number of halogens is 3. The molecule has 1 amide bonds. The van der Waals surface area contributed by atoms with E-state index in [1.807, 2.05) is 0 Å². The van der Waals surface area contributed by atoms with Crippen molar-refractivity contribution in [1.29, 1.82) is 0 Å². The lowest BCUT2D eigenvalue weighted by Gasteiger charge is -2.12. The van der Waals surface area contributed by atoms with Crippen LogP contribution in [0.25, 0.3) is 0 Å². The van der Waals surface area contributed by atoms with Gasteiger partial charge in [-0.1, -0.05) is 0 Å². The average Bonchev–Trinajstić information content (AvgIpc) is 2.53. The van der Waals surface area contributed by atoms with Crippen LogP contribution in [0.5, 0.6) is 11.6 Å². The normalized spacial score (nSPS) is 11.0. The quantitative estimate of drug-likeness (QED) is 0.916. The van der Waals surface area contributed by atoms with E-state index in [-0.39, 0.29) is 11.4 Å². The van der Waals surface area contributed by atoms with Gasteiger partial charge in [-0.05, 0) is 36.4 Å². The standard InChI is InChI=1S/C15H13F3N2O3/c1-22-11-6-4-10(5-7-11)20-13(21)12-3-2-8-19-14(12)23-9-15(16,17)18/h2-8H,9H2,1H3,(H,20,21). The molecular weight excluding hydrogens is 313 g/mol. The molecule has 0 saturated carbocycles. The molecule has 0 atom stereocenters. The van der Waals surface area contributed by atoms with Gasteiger partial charge in [0.15, 0.2) is 6.61 Å². The summed E-state index contributed by atoms with van der Waals surface area (Å²) in [6, 6.07) is 9.24. The molecule has 122 valence electrons.